The standard InChI is InChI=1S/C45H90O3/c1-4-7-10-13-16-19-22-23-24-25-26-27-29-32-35-38-41-47-44-45(48-42-39-36-33-30-21-18-15-12-9-6-3)43-46-40-37-34-31-28-20-17-14-11-8-5-2/h23-24,45H,4-22,25-44H2,1-3H3/b24-23-/t45-/m1/s1. The molecule has 0 aromatic rings. The van der Waals surface area contributed by atoms with Crippen LogP contribution in [0.25, 0.3) is 0 Å². The average molecular weight is 679 g/mol. The molecule has 0 aliphatic carbocycles. The summed E-state index contributed by atoms with van der Waals surface area (Å²) in [5.74, 6) is 0. The lowest BCUT2D eigenvalue weighted by Gasteiger charge is -2.18. The minimum Gasteiger partial charge on any atom is -0.379 e. The Kier molecular flexibility index (Phi) is 44.3. The van der Waals surface area contributed by atoms with Gasteiger partial charge in [0.25, 0.3) is 0 Å². The van der Waals surface area contributed by atoms with Crippen molar-refractivity contribution in [3.8, 4) is 0 Å². The minimum atomic E-state index is 0.0841. The summed E-state index contributed by atoms with van der Waals surface area (Å²) in [6.07, 6.45) is 51.0. The lowest BCUT2D eigenvalue weighted by molar-refractivity contribution is -0.0616. The van der Waals surface area contributed by atoms with Crippen LogP contribution in [-0.4, -0.2) is 39.1 Å². The lowest BCUT2D eigenvalue weighted by Crippen LogP contribution is -2.26. The van der Waals surface area contributed by atoms with Crippen molar-refractivity contribution >= 4 is 0 Å². The zero-order chi connectivity index (χ0) is 34.7. The van der Waals surface area contributed by atoms with Gasteiger partial charge in [0, 0.05) is 19.8 Å². The summed E-state index contributed by atoms with van der Waals surface area (Å²) < 4.78 is 18.5. The van der Waals surface area contributed by atoms with Crippen LogP contribution in [-0.2, 0) is 14.2 Å². The summed E-state index contributed by atoms with van der Waals surface area (Å²) in [6.45, 7) is 10.8. The third kappa shape index (κ3) is 41.8. The molecule has 0 saturated heterocycles. The van der Waals surface area contributed by atoms with Crippen LogP contribution < -0.4 is 0 Å². The molecule has 0 aromatic heterocycles. The fraction of sp³-hybridized carbons (Fsp3) is 0.956. The van der Waals surface area contributed by atoms with E-state index in [-0.39, 0.29) is 6.10 Å². The highest BCUT2D eigenvalue weighted by Gasteiger charge is 2.10. The molecule has 0 fully saturated rings. The Bertz CT molecular complexity index is 577. The van der Waals surface area contributed by atoms with Crippen LogP contribution in [0.3, 0.4) is 0 Å². The zero-order valence-electron chi connectivity index (χ0n) is 33.5. The zero-order valence-corrected chi connectivity index (χ0v) is 33.5. The van der Waals surface area contributed by atoms with E-state index in [1.807, 2.05) is 0 Å². The second kappa shape index (κ2) is 44.6. The van der Waals surface area contributed by atoms with Gasteiger partial charge >= 0.3 is 0 Å². The molecule has 0 aliphatic heterocycles. The first-order valence-electron chi connectivity index (χ1n) is 22.3. The number of unbranched alkanes of at least 4 members (excludes halogenated alkanes) is 30. The van der Waals surface area contributed by atoms with E-state index in [1.165, 1.54) is 218 Å². The Morgan fingerprint density at radius 1 is 0.312 bits per heavy atom. The fourth-order valence-corrected chi connectivity index (χ4v) is 6.56. The van der Waals surface area contributed by atoms with E-state index < -0.39 is 0 Å². The SMILES string of the molecule is CCCCCCCC/C=C\CCCCCCCCOC[C@@H](COCCCCCCCCCCCC)OCCCCCCCCCCCC. The normalized spacial score (nSPS) is 12.5. The second-order valence-electron chi connectivity index (χ2n) is 14.9. The van der Waals surface area contributed by atoms with Crippen LogP contribution in [0, 0.1) is 0 Å². The van der Waals surface area contributed by atoms with Crippen molar-refractivity contribution in [2.45, 2.75) is 245 Å². The van der Waals surface area contributed by atoms with Crippen molar-refractivity contribution in [1.82, 2.24) is 0 Å². The molecule has 0 radical (unpaired) electrons. The van der Waals surface area contributed by atoms with Crippen LogP contribution in [0.5, 0.6) is 0 Å². The maximum Gasteiger partial charge on any atom is 0.104 e. The van der Waals surface area contributed by atoms with Gasteiger partial charge in [-0.3, -0.25) is 0 Å². The van der Waals surface area contributed by atoms with Gasteiger partial charge in [-0.05, 0) is 44.9 Å². The van der Waals surface area contributed by atoms with Gasteiger partial charge in [0.05, 0.1) is 13.2 Å². The molecular formula is C45H90O3. The largest absolute Gasteiger partial charge is 0.379 e. The van der Waals surface area contributed by atoms with Crippen molar-refractivity contribution in [1.29, 1.82) is 0 Å². The van der Waals surface area contributed by atoms with Gasteiger partial charge in [0.2, 0.25) is 0 Å². The highest BCUT2D eigenvalue weighted by Crippen LogP contribution is 2.13. The first-order valence-corrected chi connectivity index (χ1v) is 22.3. The third-order valence-corrected chi connectivity index (χ3v) is 9.90. The van der Waals surface area contributed by atoms with Gasteiger partial charge in [0.15, 0.2) is 0 Å². The highest BCUT2D eigenvalue weighted by atomic mass is 16.6. The third-order valence-electron chi connectivity index (χ3n) is 9.90. The summed E-state index contributed by atoms with van der Waals surface area (Å²) in [5.41, 5.74) is 0. The first-order chi connectivity index (χ1) is 23.8. The summed E-state index contributed by atoms with van der Waals surface area (Å²) >= 11 is 0. The van der Waals surface area contributed by atoms with Crippen LogP contribution in [0.2, 0.25) is 0 Å². The smallest absolute Gasteiger partial charge is 0.104 e. The molecule has 0 aliphatic rings. The van der Waals surface area contributed by atoms with Crippen LogP contribution in [0.4, 0.5) is 0 Å². The summed E-state index contributed by atoms with van der Waals surface area (Å²) in [7, 11) is 0. The number of hydrogen-bond acceptors (Lipinski definition) is 3. The molecule has 3 nitrogen and oxygen atoms in total. The van der Waals surface area contributed by atoms with Gasteiger partial charge in [-0.25, -0.2) is 0 Å². The average Bonchev–Trinajstić information content (AvgIpc) is 3.10. The molecular weight excluding hydrogens is 588 g/mol. The Balaban J connectivity index is 3.90. The number of allylic oxidation sites excluding steroid dienone is 2. The van der Waals surface area contributed by atoms with Crippen molar-refractivity contribution in [3.05, 3.63) is 12.2 Å². The van der Waals surface area contributed by atoms with E-state index in [9.17, 15) is 0 Å². The van der Waals surface area contributed by atoms with Crippen LogP contribution >= 0.6 is 0 Å². The summed E-state index contributed by atoms with van der Waals surface area (Å²) in [4.78, 5) is 0. The fourth-order valence-electron chi connectivity index (χ4n) is 6.56. The highest BCUT2D eigenvalue weighted by molar-refractivity contribution is 4.81. The molecule has 0 unspecified atom stereocenters. The minimum absolute atomic E-state index is 0.0841. The molecule has 3 heteroatoms. The number of ether oxygens (including phenoxy) is 3. The molecule has 288 valence electrons. The molecule has 0 heterocycles. The molecule has 0 spiro atoms. The van der Waals surface area contributed by atoms with Crippen molar-refractivity contribution in [2.24, 2.45) is 0 Å². The van der Waals surface area contributed by atoms with Crippen molar-refractivity contribution in [2.75, 3.05) is 33.0 Å². The Morgan fingerprint density at radius 3 is 0.917 bits per heavy atom. The topological polar surface area (TPSA) is 27.7 Å². The predicted molar refractivity (Wildman–Crippen MR) is 215 cm³/mol. The van der Waals surface area contributed by atoms with Gasteiger partial charge < -0.3 is 14.2 Å². The van der Waals surface area contributed by atoms with Gasteiger partial charge in [-0.2, -0.15) is 0 Å². The van der Waals surface area contributed by atoms with E-state index in [0.29, 0.717) is 13.2 Å². The second-order valence-corrected chi connectivity index (χ2v) is 14.9. The Morgan fingerprint density at radius 2 is 0.583 bits per heavy atom. The summed E-state index contributed by atoms with van der Waals surface area (Å²) in [5, 5.41) is 0. The van der Waals surface area contributed by atoms with Gasteiger partial charge in [-0.15, -0.1) is 0 Å². The molecule has 0 rings (SSSR count). The van der Waals surface area contributed by atoms with E-state index in [2.05, 4.69) is 32.9 Å². The van der Waals surface area contributed by atoms with Gasteiger partial charge in [0.1, 0.15) is 6.10 Å². The maximum absolute atomic E-state index is 6.29. The van der Waals surface area contributed by atoms with E-state index in [1.54, 1.807) is 0 Å². The maximum atomic E-state index is 6.29. The van der Waals surface area contributed by atoms with Crippen LogP contribution in [0.15, 0.2) is 12.2 Å². The quantitative estimate of drug-likeness (QED) is 0.0474. The molecule has 0 N–H and O–H groups in total. The predicted octanol–water partition coefficient (Wildman–Crippen LogP) is 15.3. The Labute approximate surface area is 303 Å². The molecule has 0 saturated carbocycles. The molecule has 48 heavy (non-hydrogen) atoms. The lowest BCUT2D eigenvalue weighted by atomic mass is 10.1. The molecule has 0 aromatic carbocycles. The van der Waals surface area contributed by atoms with Crippen LogP contribution in [0.1, 0.15) is 239 Å². The number of hydrogen-bond donors (Lipinski definition) is 0. The monoisotopic (exact) mass is 679 g/mol. The number of rotatable bonds is 43. The molecule has 0 bridgehead atoms. The molecule has 1 atom stereocenters. The van der Waals surface area contributed by atoms with Crippen molar-refractivity contribution < 1.29 is 14.2 Å². The Hall–Kier alpha value is -0.380. The van der Waals surface area contributed by atoms with E-state index >= 15 is 0 Å². The van der Waals surface area contributed by atoms with Gasteiger partial charge in [-0.1, -0.05) is 206 Å². The first kappa shape index (κ1) is 47.6. The van der Waals surface area contributed by atoms with E-state index in [0.717, 1.165) is 19.8 Å². The van der Waals surface area contributed by atoms with Crippen molar-refractivity contribution in [3.63, 3.8) is 0 Å². The molecule has 0 amide bonds. The van der Waals surface area contributed by atoms with E-state index in [4.69, 9.17) is 14.2 Å². The summed E-state index contributed by atoms with van der Waals surface area (Å²) in [6, 6.07) is 0.